The Morgan fingerprint density at radius 3 is 2.33 bits per heavy atom. The number of carbonyl (C=O) groups is 2. The molecule has 164 valence electrons. The maximum absolute atomic E-state index is 13.0. The van der Waals surface area contributed by atoms with Gasteiger partial charge in [-0.15, -0.1) is 10.2 Å². The van der Waals surface area contributed by atoms with Gasteiger partial charge >= 0.3 is 0 Å². The van der Waals surface area contributed by atoms with Crippen LogP contribution in [-0.4, -0.2) is 28.1 Å². The number of benzene rings is 1. The number of hydrogen-bond donors (Lipinski definition) is 2. The van der Waals surface area contributed by atoms with E-state index in [9.17, 15) is 9.59 Å². The van der Waals surface area contributed by atoms with Crippen molar-refractivity contribution in [2.75, 3.05) is 5.32 Å². The molecule has 0 aliphatic rings. The molecule has 2 N–H and O–H groups in total. The first kappa shape index (κ1) is 24.0. The predicted octanol–water partition coefficient (Wildman–Crippen LogP) is 5.20. The van der Waals surface area contributed by atoms with Crippen molar-refractivity contribution in [2.45, 2.75) is 72.8 Å². The minimum absolute atomic E-state index is 0.0159. The Morgan fingerprint density at radius 1 is 1.03 bits per heavy atom. The second-order valence-corrected chi connectivity index (χ2v) is 8.86. The van der Waals surface area contributed by atoms with Crippen molar-refractivity contribution in [3.05, 3.63) is 29.8 Å². The van der Waals surface area contributed by atoms with Crippen LogP contribution in [0.15, 0.2) is 24.3 Å². The van der Waals surface area contributed by atoms with E-state index in [0.717, 1.165) is 42.7 Å². The Kier molecular flexibility index (Phi) is 9.43. The molecule has 1 aromatic carbocycles. The highest BCUT2D eigenvalue weighted by Gasteiger charge is 2.29. The summed E-state index contributed by atoms with van der Waals surface area (Å²) in [6, 6.07) is 7.43. The number of rotatable bonds is 11. The van der Waals surface area contributed by atoms with E-state index in [0.29, 0.717) is 5.13 Å². The lowest BCUT2D eigenvalue weighted by Crippen LogP contribution is -2.49. The minimum atomic E-state index is -0.593. The van der Waals surface area contributed by atoms with Crippen molar-refractivity contribution in [3.63, 3.8) is 0 Å². The van der Waals surface area contributed by atoms with Gasteiger partial charge in [0.15, 0.2) is 0 Å². The number of aryl methyl sites for hydroxylation is 1. The van der Waals surface area contributed by atoms with Crippen LogP contribution in [0.4, 0.5) is 5.13 Å². The van der Waals surface area contributed by atoms with Crippen LogP contribution in [0.3, 0.4) is 0 Å². The molecule has 0 spiro atoms. The van der Waals surface area contributed by atoms with Gasteiger partial charge in [0.05, 0.1) is 0 Å². The molecule has 2 rings (SSSR count). The Labute approximate surface area is 183 Å². The van der Waals surface area contributed by atoms with Gasteiger partial charge in [0, 0.05) is 11.5 Å². The van der Waals surface area contributed by atoms with Crippen LogP contribution in [0.1, 0.15) is 65.4 Å². The summed E-state index contributed by atoms with van der Waals surface area (Å²) >= 11 is 1.33. The Morgan fingerprint density at radius 2 is 1.73 bits per heavy atom. The molecule has 0 saturated carbocycles. The van der Waals surface area contributed by atoms with Crippen LogP contribution in [0, 0.1) is 18.8 Å². The molecule has 6 nitrogen and oxygen atoms in total. The van der Waals surface area contributed by atoms with Gasteiger partial charge in [-0.2, -0.15) is 0 Å². The summed E-state index contributed by atoms with van der Waals surface area (Å²) < 4.78 is 0. The standard InChI is InChI=1S/C23H34N4O2S/c1-6-9-10-17(8-3)20(28)24-19(16(5)7-2)21(29)25-23-27-26-22(30-23)18-13-11-15(4)12-14-18/h11-14,16-17,19H,6-10H2,1-5H3,(H,24,28)(H,25,27,29)/t16-,17+,19+/m0/s1. The first-order valence-electron chi connectivity index (χ1n) is 10.9. The van der Waals surface area contributed by atoms with E-state index in [1.807, 2.05) is 52.0 Å². The molecule has 0 aliphatic carbocycles. The average Bonchev–Trinajstić information content (AvgIpc) is 3.20. The number of nitrogens with one attached hydrogen (secondary N) is 2. The van der Waals surface area contributed by atoms with Gasteiger partial charge < -0.3 is 5.32 Å². The van der Waals surface area contributed by atoms with E-state index in [2.05, 4.69) is 27.8 Å². The van der Waals surface area contributed by atoms with E-state index < -0.39 is 6.04 Å². The third-order valence-corrected chi connectivity index (χ3v) is 6.40. The van der Waals surface area contributed by atoms with Gasteiger partial charge in [-0.1, -0.05) is 88.1 Å². The molecule has 2 amide bonds. The van der Waals surface area contributed by atoms with Crippen LogP contribution < -0.4 is 10.6 Å². The summed E-state index contributed by atoms with van der Waals surface area (Å²) in [6.07, 6.45) is 4.48. The van der Waals surface area contributed by atoms with E-state index in [-0.39, 0.29) is 23.7 Å². The van der Waals surface area contributed by atoms with Crippen molar-refractivity contribution >= 4 is 28.3 Å². The normalized spacial score (nSPS) is 14.0. The molecule has 30 heavy (non-hydrogen) atoms. The fourth-order valence-electron chi connectivity index (χ4n) is 3.21. The van der Waals surface area contributed by atoms with Crippen LogP contribution >= 0.6 is 11.3 Å². The summed E-state index contributed by atoms with van der Waals surface area (Å²) in [7, 11) is 0. The van der Waals surface area contributed by atoms with Gasteiger partial charge in [-0.3, -0.25) is 14.9 Å². The third-order valence-electron chi connectivity index (χ3n) is 5.52. The number of unbranched alkanes of at least 4 members (excludes halogenated alkanes) is 1. The molecule has 0 bridgehead atoms. The fourth-order valence-corrected chi connectivity index (χ4v) is 3.97. The molecule has 0 unspecified atom stereocenters. The Bertz CT molecular complexity index is 819. The summed E-state index contributed by atoms with van der Waals surface area (Å²) in [5.74, 6) is -0.320. The van der Waals surface area contributed by atoms with Gasteiger partial charge in [0.25, 0.3) is 0 Å². The van der Waals surface area contributed by atoms with Crippen molar-refractivity contribution in [3.8, 4) is 10.6 Å². The van der Waals surface area contributed by atoms with Crippen LogP contribution in [0.5, 0.6) is 0 Å². The summed E-state index contributed by atoms with van der Waals surface area (Å²) in [5, 5.41) is 15.4. The summed E-state index contributed by atoms with van der Waals surface area (Å²) in [6.45, 7) is 10.2. The van der Waals surface area contributed by atoms with Gasteiger partial charge in [-0.05, 0) is 25.7 Å². The van der Waals surface area contributed by atoms with E-state index in [1.54, 1.807) is 0 Å². The van der Waals surface area contributed by atoms with Crippen molar-refractivity contribution < 1.29 is 9.59 Å². The van der Waals surface area contributed by atoms with E-state index >= 15 is 0 Å². The number of anilines is 1. The SMILES string of the molecule is CCCC[C@@H](CC)C(=O)N[C@@H](C(=O)Nc1nnc(-c2ccc(C)cc2)s1)[C@@H](C)CC. The lowest BCUT2D eigenvalue weighted by molar-refractivity contribution is -0.130. The Balaban J connectivity index is 2.08. The van der Waals surface area contributed by atoms with Crippen molar-refractivity contribution in [1.82, 2.24) is 15.5 Å². The molecule has 1 aromatic heterocycles. The molecular weight excluding hydrogens is 396 g/mol. The largest absolute Gasteiger partial charge is 0.344 e. The second-order valence-electron chi connectivity index (χ2n) is 7.89. The number of carbonyl (C=O) groups excluding carboxylic acids is 2. The lowest BCUT2D eigenvalue weighted by Gasteiger charge is -2.25. The van der Waals surface area contributed by atoms with Crippen molar-refractivity contribution in [1.29, 1.82) is 0 Å². The maximum atomic E-state index is 13.0. The highest BCUT2D eigenvalue weighted by molar-refractivity contribution is 7.18. The van der Waals surface area contributed by atoms with Crippen molar-refractivity contribution in [2.24, 2.45) is 11.8 Å². The van der Waals surface area contributed by atoms with Crippen LogP contribution in [-0.2, 0) is 9.59 Å². The van der Waals surface area contributed by atoms with Crippen LogP contribution in [0.25, 0.3) is 10.6 Å². The van der Waals surface area contributed by atoms with Gasteiger partial charge in [-0.25, -0.2) is 0 Å². The fraction of sp³-hybridized carbons (Fsp3) is 0.565. The van der Waals surface area contributed by atoms with Crippen LogP contribution in [0.2, 0.25) is 0 Å². The molecule has 0 saturated heterocycles. The zero-order chi connectivity index (χ0) is 22.1. The maximum Gasteiger partial charge on any atom is 0.249 e. The van der Waals surface area contributed by atoms with E-state index in [4.69, 9.17) is 0 Å². The smallest absolute Gasteiger partial charge is 0.249 e. The van der Waals surface area contributed by atoms with Gasteiger partial charge in [0.1, 0.15) is 11.0 Å². The first-order chi connectivity index (χ1) is 14.4. The zero-order valence-corrected chi connectivity index (χ0v) is 19.5. The Hall–Kier alpha value is -2.28. The average molecular weight is 431 g/mol. The molecule has 0 radical (unpaired) electrons. The molecule has 7 heteroatoms. The third kappa shape index (κ3) is 6.62. The lowest BCUT2D eigenvalue weighted by atomic mass is 9.94. The zero-order valence-electron chi connectivity index (χ0n) is 18.7. The summed E-state index contributed by atoms with van der Waals surface area (Å²) in [4.78, 5) is 25.7. The quantitative estimate of drug-likeness (QED) is 0.513. The molecule has 1 heterocycles. The topological polar surface area (TPSA) is 84.0 Å². The molecule has 0 fully saturated rings. The minimum Gasteiger partial charge on any atom is -0.344 e. The molecule has 3 atom stereocenters. The second kappa shape index (κ2) is 11.8. The number of hydrogen-bond acceptors (Lipinski definition) is 5. The predicted molar refractivity (Wildman–Crippen MR) is 123 cm³/mol. The summed E-state index contributed by atoms with van der Waals surface area (Å²) in [5.41, 5.74) is 2.14. The first-order valence-corrected chi connectivity index (χ1v) is 11.7. The number of nitrogens with zero attached hydrogens (tertiary/aromatic N) is 2. The molecule has 0 aliphatic heterocycles. The van der Waals surface area contributed by atoms with Gasteiger partial charge in [0.2, 0.25) is 16.9 Å². The molecular formula is C23H34N4O2S. The van der Waals surface area contributed by atoms with E-state index in [1.165, 1.54) is 16.9 Å². The monoisotopic (exact) mass is 430 g/mol. The highest BCUT2D eigenvalue weighted by atomic mass is 32.1. The molecule has 2 aromatic rings. The number of amides is 2. The number of aromatic nitrogens is 2. The highest BCUT2D eigenvalue weighted by Crippen LogP contribution is 2.27.